The molecule has 3 heterocycles. The van der Waals surface area contributed by atoms with Crippen molar-refractivity contribution in [2.45, 2.75) is 19.3 Å². The molecule has 8 heteroatoms. The van der Waals surface area contributed by atoms with Crippen LogP contribution in [0, 0.1) is 0 Å². The summed E-state index contributed by atoms with van der Waals surface area (Å²) < 4.78 is 0. The first-order valence-corrected chi connectivity index (χ1v) is 9.12. The van der Waals surface area contributed by atoms with Gasteiger partial charge in [-0.25, -0.2) is 9.97 Å². The van der Waals surface area contributed by atoms with Crippen LogP contribution in [-0.4, -0.2) is 79.0 Å². The fourth-order valence-corrected chi connectivity index (χ4v) is 3.38. The molecule has 2 saturated heterocycles. The van der Waals surface area contributed by atoms with Gasteiger partial charge in [-0.3, -0.25) is 9.59 Å². The average molecular weight is 347 g/mol. The minimum Gasteiger partial charge on any atom is -0.351 e. The minimum absolute atomic E-state index is 0.0900. The van der Waals surface area contributed by atoms with E-state index in [-0.39, 0.29) is 11.8 Å². The highest BCUT2D eigenvalue weighted by atomic mass is 16.2. The highest BCUT2D eigenvalue weighted by Gasteiger charge is 2.23. The number of rotatable bonds is 7. The predicted molar refractivity (Wildman–Crippen MR) is 93.2 cm³/mol. The molecule has 0 spiro atoms. The van der Waals surface area contributed by atoms with E-state index in [1.54, 1.807) is 12.4 Å². The van der Waals surface area contributed by atoms with E-state index in [0.29, 0.717) is 19.5 Å². The molecule has 2 aliphatic rings. The average Bonchev–Trinajstić information content (AvgIpc) is 3.05. The summed E-state index contributed by atoms with van der Waals surface area (Å²) in [7, 11) is 0. The molecular formula is C17H27N6O2+. The number of piperazine rings is 1. The molecule has 2 amide bonds. The van der Waals surface area contributed by atoms with Crippen molar-refractivity contribution in [3.63, 3.8) is 0 Å². The van der Waals surface area contributed by atoms with E-state index in [9.17, 15) is 9.59 Å². The Balaban J connectivity index is 1.29. The second-order valence-electron chi connectivity index (χ2n) is 6.65. The van der Waals surface area contributed by atoms with Gasteiger partial charge in [-0.2, -0.15) is 0 Å². The lowest BCUT2D eigenvalue weighted by Gasteiger charge is -2.31. The molecule has 0 aliphatic carbocycles. The maximum Gasteiger partial charge on any atom is 0.275 e. The van der Waals surface area contributed by atoms with E-state index in [2.05, 4.69) is 20.2 Å². The van der Waals surface area contributed by atoms with Crippen molar-refractivity contribution in [2.24, 2.45) is 0 Å². The van der Waals surface area contributed by atoms with E-state index in [1.807, 2.05) is 11.0 Å². The van der Waals surface area contributed by atoms with Crippen LogP contribution in [0.15, 0.2) is 18.5 Å². The number of nitrogens with one attached hydrogen (secondary N) is 2. The van der Waals surface area contributed by atoms with Crippen LogP contribution in [0.4, 0.5) is 5.95 Å². The lowest BCUT2D eigenvalue weighted by molar-refractivity contribution is -0.892. The summed E-state index contributed by atoms with van der Waals surface area (Å²) in [6, 6.07) is 1.81. The van der Waals surface area contributed by atoms with Gasteiger partial charge >= 0.3 is 0 Å². The van der Waals surface area contributed by atoms with Gasteiger partial charge in [0.25, 0.3) is 5.91 Å². The quantitative estimate of drug-likeness (QED) is 0.575. The third kappa shape index (κ3) is 5.12. The molecule has 136 valence electrons. The summed E-state index contributed by atoms with van der Waals surface area (Å²) in [5.41, 5.74) is 0. The van der Waals surface area contributed by atoms with Crippen LogP contribution < -0.4 is 15.1 Å². The van der Waals surface area contributed by atoms with Crippen LogP contribution in [0.1, 0.15) is 19.3 Å². The van der Waals surface area contributed by atoms with Gasteiger partial charge in [0, 0.05) is 38.4 Å². The fourth-order valence-electron chi connectivity index (χ4n) is 3.38. The van der Waals surface area contributed by atoms with Gasteiger partial charge in [0.15, 0.2) is 6.54 Å². The molecule has 0 radical (unpaired) electrons. The van der Waals surface area contributed by atoms with Crippen molar-refractivity contribution in [3.8, 4) is 0 Å². The molecule has 3 rings (SSSR count). The lowest BCUT2D eigenvalue weighted by atomic mass is 10.3. The number of anilines is 1. The summed E-state index contributed by atoms with van der Waals surface area (Å²) >= 11 is 0. The van der Waals surface area contributed by atoms with Gasteiger partial charge in [0.2, 0.25) is 11.9 Å². The normalized spacial score (nSPS) is 18.6. The molecule has 0 bridgehead atoms. The van der Waals surface area contributed by atoms with Crippen LogP contribution in [0.3, 0.4) is 0 Å². The number of nitrogens with zero attached hydrogens (tertiary/aromatic N) is 4. The maximum atomic E-state index is 12.1. The van der Waals surface area contributed by atoms with E-state index < -0.39 is 0 Å². The Morgan fingerprint density at radius 3 is 2.64 bits per heavy atom. The van der Waals surface area contributed by atoms with Crippen molar-refractivity contribution < 1.29 is 14.5 Å². The molecule has 25 heavy (non-hydrogen) atoms. The molecular weight excluding hydrogens is 320 g/mol. The molecule has 8 nitrogen and oxygen atoms in total. The fraction of sp³-hybridized carbons (Fsp3) is 0.647. The third-order valence-electron chi connectivity index (χ3n) is 4.81. The SMILES string of the molecule is O=C(C[NH+]1CCN(c2ncccn2)CC1)NCCCN1CCCC1=O. The van der Waals surface area contributed by atoms with Gasteiger partial charge in [0.05, 0.1) is 26.2 Å². The topological polar surface area (TPSA) is 82.9 Å². The number of hydrogen-bond acceptors (Lipinski definition) is 5. The van der Waals surface area contributed by atoms with Crippen molar-refractivity contribution >= 4 is 17.8 Å². The Bertz CT molecular complexity index is 574. The van der Waals surface area contributed by atoms with Crippen molar-refractivity contribution in [3.05, 3.63) is 18.5 Å². The minimum atomic E-state index is 0.0900. The maximum absolute atomic E-state index is 12.1. The molecule has 1 aromatic heterocycles. The summed E-state index contributed by atoms with van der Waals surface area (Å²) in [6.07, 6.45) is 5.98. The van der Waals surface area contributed by atoms with Gasteiger partial charge in [0.1, 0.15) is 0 Å². The van der Waals surface area contributed by atoms with E-state index in [1.165, 1.54) is 4.90 Å². The zero-order valence-corrected chi connectivity index (χ0v) is 14.6. The van der Waals surface area contributed by atoms with Crippen molar-refractivity contribution in [1.82, 2.24) is 20.2 Å². The first-order valence-electron chi connectivity index (χ1n) is 9.12. The third-order valence-corrected chi connectivity index (χ3v) is 4.81. The summed E-state index contributed by atoms with van der Waals surface area (Å²) in [4.78, 5) is 37.5. The Kier molecular flexibility index (Phi) is 6.16. The second-order valence-corrected chi connectivity index (χ2v) is 6.65. The van der Waals surface area contributed by atoms with Crippen LogP contribution in [0.2, 0.25) is 0 Å². The van der Waals surface area contributed by atoms with Gasteiger partial charge < -0.3 is 20.0 Å². The van der Waals surface area contributed by atoms with E-state index in [0.717, 1.165) is 58.1 Å². The molecule has 0 aromatic carbocycles. The van der Waals surface area contributed by atoms with E-state index >= 15 is 0 Å². The summed E-state index contributed by atoms with van der Waals surface area (Å²) in [5.74, 6) is 1.10. The van der Waals surface area contributed by atoms with E-state index in [4.69, 9.17) is 0 Å². The highest BCUT2D eigenvalue weighted by Crippen LogP contribution is 2.09. The van der Waals surface area contributed by atoms with Crippen LogP contribution in [0.25, 0.3) is 0 Å². The van der Waals surface area contributed by atoms with Crippen molar-refractivity contribution in [2.75, 3.05) is 57.3 Å². The number of hydrogen-bond donors (Lipinski definition) is 2. The Labute approximate surface area is 148 Å². The lowest BCUT2D eigenvalue weighted by Crippen LogP contribution is -3.16. The molecule has 0 unspecified atom stereocenters. The van der Waals surface area contributed by atoms with Crippen LogP contribution in [-0.2, 0) is 9.59 Å². The molecule has 2 aliphatic heterocycles. The molecule has 2 fully saturated rings. The number of carbonyl (C=O) groups excluding carboxylic acids is 2. The van der Waals surface area contributed by atoms with Gasteiger partial charge in [-0.1, -0.05) is 0 Å². The first kappa shape index (κ1) is 17.6. The number of amides is 2. The Morgan fingerprint density at radius 2 is 1.96 bits per heavy atom. The zero-order chi connectivity index (χ0) is 17.5. The second kappa shape index (κ2) is 8.75. The number of carbonyl (C=O) groups is 2. The summed E-state index contributed by atoms with van der Waals surface area (Å²) in [6.45, 7) is 6.31. The van der Waals surface area contributed by atoms with Gasteiger partial charge in [-0.15, -0.1) is 0 Å². The monoisotopic (exact) mass is 347 g/mol. The molecule has 0 atom stereocenters. The Hall–Kier alpha value is -2.22. The first-order chi connectivity index (χ1) is 12.2. The molecule has 1 aromatic rings. The number of quaternary nitrogens is 1. The Morgan fingerprint density at radius 1 is 1.20 bits per heavy atom. The number of aromatic nitrogens is 2. The van der Waals surface area contributed by atoms with Crippen LogP contribution >= 0.6 is 0 Å². The predicted octanol–water partition coefficient (Wildman–Crippen LogP) is -1.69. The highest BCUT2D eigenvalue weighted by molar-refractivity contribution is 5.78. The van der Waals surface area contributed by atoms with Crippen LogP contribution in [0.5, 0.6) is 0 Å². The van der Waals surface area contributed by atoms with Crippen molar-refractivity contribution in [1.29, 1.82) is 0 Å². The molecule has 2 N–H and O–H groups in total. The largest absolute Gasteiger partial charge is 0.351 e. The smallest absolute Gasteiger partial charge is 0.275 e. The zero-order valence-electron chi connectivity index (χ0n) is 14.6. The van der Waals surface area contributed by atoms with Gasteiger partial charge in [-0.05, 0) is 18.9 Å². The molecule has 0 saturated carbocycles. The number of likely N-dealkylation sites (tertiary alicyclic amines) is 1. The summed E-state index contributed by atoms with van der Waals surface area (Å²) in [5, 5.41) is 2.98. The standard InChI is InChI=1S/C17H26N6O2/c24-15(18-7-3-9-22-8-1-4-16(22)25)14-21-10-12-23(13-11-21)17-19-5-2-6-20-17/h2,5-6H,1,3-4,7-14H2,(H,18,24)/p+1.